The second-order valence-electron chi connectivity index (χ2n) is 4.95. The molecule has 1 aromatic heterocycles. The van der Waals surface area contributed by atoms with Gasteiger partial charge >= 0.3 is 5.63 Å². The predicted molar refractivity (Wildman–Crippen MR) is 75.3 cm³/mol. The van der Waals surface area contributed by atoms with Crippen molar-refractivity contribution in [1.29, 1.82) is 0 Å². The maximum absolute atomic E-state index is 11.6. The molecular weight excluding hydrogens is 244 g/mol. The van der Waals surface area contributed by atoms with E-state index in [-0.39, 0.29) is 5.63 Å². The summed E-state index contributed by atoms with van der Waals surface area (Å²) in [5.41, 5.74) is 1.66. The Hall–Kier alpha value is -1.22. The van der Waals surface area contributed by atoms with Gasteiger partial charge in [0.05, 0.1) is 0 Å². The van der Waals surface area contributed by atoms with Crippen LogP contribution in [0.15, 0.2) is 38.4 Å². The number of aryl methyl sites for hydroxylation is 1. The van der Waals surface area contributed by atoms with E-state index in [0.29, 0.717) is 10.8 Å². The Kier molecular flexibility index (Phi) is 3.16. The molecule has 2 nitrogen and oxygen atoms in total. The highest BCUT2D eigenvalue weighted by Gasteiger charge is 2.18. The van der Waals surface area contributed by atoms with Gasteiger partial charge in [-0.3, -0.25) is 0 Å². The smallest absolute Gasteiger partial charge is 0.337 e. The standard InChI is InChI=1S/C15H16O2S/c1-10-6-7-13-12(8-10)14(9-15(16)17-13)18-11-4-2-3-5-11/h6-9,11H,2-5H2,1H3. The van der Waals surface area contributed by atoms with Gasteiger partial charge in [0.2, 0.25) is 0 Å². The third kappa shape index (κ3) is 2.32. The summed E-state index contributed by atoms with van der Waals surface area (Å²) in [4.78, 5) is 12.7. The Labute approximate surface area is 110 Å². The van der Waals surface area contributed by atoms with Crippen molar-refractivity contribution in [2.45, 2.75) is 42.8 Å². The molecule has 0 amide bonds. The van der Waals surface area contributed by atoms with Crippen LogP contribution in [0.4, 0.5) is 0 Å². The minimum absolute atomic E-state index is 0.244. The van der Waals surface area contributed by atoms with Gasteiger partial charge in [-0.25, -0.2) is 4.79 Å². The maximum Gasteiger partial charge on any atom is 0.337 e. The maximum atomic E-state index is 11.6. The van der Waals surface area contributed by atoms with E-state index in [4.69, 9.17) is 4.42 Å². The van der Waals surface area contributed by atoms with E-state index >= 15 is 0 Å². The van der Waals surface area contributed by atoms with Crippen molar-refractivity contribution in [3.8, 4) is 0 Å². The monoisotopic (exact) mass is 260 g/mol. The quantitative estimate of drug-likeness (QED) is 0.760. The molecule has 1 aliphatic carbocycles. The minimum Gasteiger partial charge on any atom is -0.423 e. The van der Waals surface area contributed by atoms with E-state index in [1.807, 2.05) is 23.9 Å². The molecule has 0 atom stereocenters. The highest BCUT2D eigenvalue weighted by Crippen LogP contribution is 2.37. The molecule has 1 aliphatic rings. The molecule has 1 saturated carbocycles. The van der Waals surface area contributed by atoms with Crippen LogP contribution in [0.1, 0.15) is 31.2 Å². The molecule has 94 valence electrons. The van der Waals surface area contributed by atoms with Crippen LogP contribution in [0.2, 0.25) is 0 Å². The molecule has 0 aliphatic heterocycles. The lowest BCUT2D eigenvalue weighted by molar-refractivity contribution is 0.557. The third-order valence-electron chi connectivity index (χ3n) is 3.46. The Morgan fingerprint density at radius 1 is 1.22 bits per heavy atom. The summed E-state index contributed by atoms with van der Waals surface area (Å²) in [5, 5.41) is 1.74. The summed E-state index contributed by atoms with van der Waals surface area (Å²) in [6.45, 7) is 2.06. The van der Waals surface area contributed by atoms with Crippen LogP contribution < -0.4 is 5.63 Å². The molecule has 2 aromatic rings. The molecule has 1 heterocycles. The molecule has 3 heteroatoms. The van der Waals surface area contributed by atoms with Crippen molar-refractivity contribution < 1.29 is 4.42 Å². The van der Waals surface area contributed by atoms with Crippen molar-refractivity contribution in [3.05, 3.63) is 40.2 Å². The van der Waals surface area contributed by atoms with Gasteiger partial charge in [-0.2, -0.15) is 0 Å². The lowest BCUT2D eigenvalue weighted by atomic mass is 10.2. The molecule has 0 bridgehead atoms. The zero-order chi connectivity index (χ0) is 12.5. The van der Waals surface area contributed by atoms with E-state index in [1.54, 1.807) is 6.07 Å². The lowest BCUT2D eigenvalue weighted by Crippen LogP contribution is -2.00. The molecule has 0 N–H and O–H groups in total. The molecule has 0 saturated heterocycles. The largest absolute Gasteiger partial charge is 0.423 e. The van der Waals surface area contributed by atoms with Crippen molar-refractivity contribution in [2.75, 3.05) is 0 Å². The SMILES string of the molecule is Cc1ccc2oc(=O)cc(SC3CCCC3)c2c1. The first-order valence-corrected chi connectivity index (χ1v) is 7.31. The van der Waals surface area contributed by atoms with E-state index in [9.17, 15) is 4.79 Å². The molecular formula is C15H16O2S. The van der Waals surface area contributed by atoms with E-state index in [1.165, 1.54) is 31.2 Å². The lowest BCUT2D eigenvalue weighted by Gasteiger charge is -2.10. The van der Waals surface area contributed by atoms with Gasteiger partial charge in [0.15, 0.2) is 0 Å². The van der Waals surface area contributed by atoms with Crippen molar-refractivity contribution in [3.63, 3.8) is 0 Å². The second-order valence-corrected chi connectivity index (χ2v) is 6.30. The fourth-order valence-corrected chi connectivity index (χ4v) is 3.91. The fourth-order valence-electron chi connectivity index (χ4n) is 2.53. The summed E-state index contributed by atoms with van der Waals surface area (Å²) in [7, 11) is 0. The first kappa shape index (κ1) is 11.8. The van der Waals surface area contributed by atoms with E-state index < -0.39 is 0 Å². The average Bonchev–Trinajstić information content (AvgIpc) is 2.83. The topological polar surface area (TPSA) is 30.2 Å². The highest BCUT2D eigenvalue weighted by molar-refractivity contribution is 8.00. The Morgan fingerprint density at radius 3 is 2.78 bits per heavy atom. The Morgan fingerprint density at radius 2 is 2.00 bits per heavy atom. The normalized spacial score (nSPS) is 16.5. The van der Waals surface area contributed by atoms with Crippen molar-refractivity contribution in [1.82, 2.24) is 0 Å². The zero-order valence-electron chi connectivity index (χ0n) is 10.4. The summed E-state index contributed by atoms with van der Waals surface area (Å²) in [6.07, 6.45) is 5.16. The Balaban J connectivity index is 2.07. The number of hydrogen-bond donors (Lipinski definition) is 0. The molecule has 0 unspecified atom stereocenters. The molecule has 3 rings (SSSR count). The van der Waals surface area contributed by atoms with Crippen molar-refractivity contribution >= 4 is 22.7 Å². The number of benzene rings is 1. The molecule has 0 radical (unpaired) electrons. The second kappa shape index (κ2) is 4.81. The van der Waals surface area contributed by atoms with Gasteiger partial charge in [0.25, 0.3) is 0 Å². The molecule has 1 fully saturated rings. The number of thioether (sulfide) groups is 1. The highest BCUT2D eigenvalue weighted by atomic mass is 32.2. The molecule has 1 aromatic carbocycles. The van der Waals surface area contributed by atoms with Gasteiger partial charge in [-0.15, -0.1) is 11.8 Å². The van der Waals surface area contributed by atoms with Crippen LogP contribution in [-0.4, -0.2) is 5.25 Å². The summed E-state index contributed by atoms with van der Waals surface area (Å²) in [5.74, 6) is 0. The molecule has 0 spiro atoms. The zero-order valence-corrected chi connectivity index (χ0v) is 11.3. The first-order valence-electron chi connectivity index (χ1n) is 6.43. The number of fused-ring (bicyclic) bond motifs is 1. The first-order chi connectivity index (χ1) is 8.72. The fraction of sp³-hybridized carbons (Fsp3) is 0.400. The summed E-state index contributed by atoms with van der Waals surface area (Å²) >= 11 is 1.84. The predicted octanol–water partition coefficient (Wildman–Crippen LogP) is 4.14. The van der Waals surface area contributed by atoms with Crippen LogP contribution in [0.3, 0.4) is 0 Å². The van der Waals surface area contributed by atoms with Crippen LogP contribution in [0.25, 0.3) is 11.0 Å². The van der Waals surface area contributed by atoms with Gasteiger partial charge in [0, 0.05) is 21.6 Å². The van der Waals surface area contributed by atoms with Crippen LogP contribution in [0.5, 0.6) is 0 Å². The van der Waals surface area contributed by atoms with Gasteiger partial charge in [-0.05, 0) is 31.9 Å². The number of rotatable bonds is 2. The Bertz CT molecular complexity index is 624. The van der Waals surface area contributed by atoms with Gasteiger partial charge < -0.3 is 4.42 Å². The minimum atomic E-state index is -0.244. The summed E-state index contributed by atoms with van der Waals surface area (Å²) in [6, 6.07) is 7.63. The van der Waals surface area contributed by atoms with Crippen LogP contribution >= 0.6 is 11.8 Å². The summed E-state index contributed by atoms with van der Waals surface area (Å²) < 4.78 is 5.25. The van der Waals surface area contributed by atoms with Gasteiger partial charge in [0.1, 0.15) is 5.58 Å². The van der Waals surface area contributed by atoms with Gasteiger partial charge in [-0.1, -0.05) is 24.5 Å². The number of hydrogen-bond acceptors (Lipinski definition) is 3. The third-order valence-corrected chi connectivity index (χ3v) is 4.85. The van der Waals surface area contributed by atoms with E-state index in [2.05, 4.69) is 13.0 Å². The van der Waals surface area contributed by atoms with Crippen molar-refractivity contribution in [2.24, 2.45) is 0 Å². The average molecular weight is 260 g/mol. The van der Waals surface area contributed by atoms with E-state index in [0.717, 1.165) is 10.3 Å². The van der Waals surface area contributed by atoms with Crippen LogP contribution in [-0.2, 0) is 0 Å². The van der Waals surface area contributed by atoms with Crippen LogP contribution in [0, 0.1) is 6.92 Å². The molecule has 18 heavy (non-hydrogen) atoms.